The molecule has 1 aliphatic heterocycles. The normalized spacial score (nSPS) is 14.4. The predicted octanol–water partition coefficient (Wildman–Crippen LogP) is 4.14. The Hall–Kier alpha value is -2.31. The van der Waals surface area contributed by atoms with E-state index in [1.165, 1.54) is 11.1 Å². The van der Waals surface area contributed by atoms with Crippen molar-refractivity contribution in [2.45, 2.75) is 24.9 Å². The van der Waals surface area contributed by atoms with Gasteiger partial charge < -0.3 is 9.64 Å². The van der Waals surface area contributed by atoms with E-state index in [0.29, 0.717) is 0 Å². The second-order valence-corrected chi connectivity index (χ2v) is 8.05. The van der Waals surface area contributed by atoms with Crippen LogP contribution in [0.1, 0.15) is 17.5 Å². The third-order valence-electron chi connectivity index (χ3n) is 4.89. The molecule has 1 aromatic heterocycles. The molecule has 0 saturated carbocycles. The topological polar surface area (TPSA) is 43.2 Å². The van der Waals surface area contributed by atoms with Crippen LogP contribution in [0.5, 0.6) is 0 Å². The Bertz CT molecular complexity index is 873. The van der Waals surface area contributed by atoms with Crippen LogP contribution in [0.3, 0.4) is 0 Å². The van der Waals surface area contributed by atoms with Crippen LogP contribution in [0.25, 0.3) is 5.69 Å². The van der Waals surface area contributed by atoms with Gasteiger partial charge in [0.15, 0.2) is 5.16 Å². The van der Waals surface area contributed by atoms with Gasteiger partial charge in [-0.1, -0.05) is 59.8 Å². The lowest BCUT2D eigenvalue weighted by molar-refractivity contribution is 0.122. The maximum Gasteiger partial charge on any atom is 0.232 e. The number of rotatable bonds is 7. The number of anilines is 1. The molecule has 0 amide bonds. The standard InChI is InChI=1S/C22H26N4OS/c1-18-9-11-20(12-10-18)26-21(25-13-15-27-16-14-25)23-24-22(26)28-17-5-8-19-6-3-2-4-7-19/h2-4,6-7,9-12H,5,8,13-17H2,1H3. The highest BCUT2D eigenvalue weighted by atomic mass is 32.2. The van der Waals surface area contributed by atoms with Crippen LogP contribution < -0.4 is 4.90 Å². The summed E-state index contributed by atoms with van der Waals surface area (Å²) in [6, 6.07) is 19.2. The van der Waals surface area contributed by atoms with Crippen LogP contribution >= 0.6 is 11.8 Å². The number of benzene rings is 2. The lowest BCUT2D eigenvalue weighted by atomic mass is 10.1. The molecule has 0 atom stereocenters. The first-order valence-corrected chi connectivity index (χ1v) is 10.8. The number of hydrogen-bond acceptors (Lipinski definition) is 5. The van der Waals surface area contributed by atoms with Crippen molar-refractivity contribution < 1.29 is 4.74 Å². The predicted molar refractivity (Wildman–Crippen MR) is 115 cm³/mol. The van der Waals surface area contributed by atoms with Crippen molar-refractivity contribution in [3.05, 3.63) is 65.7 Å². The summed E-state index contributed by atoms with van der Waals surface area (Å²) >= 11 is 1.78. The second-order valence-electron chi connectivity index (χ2n) is 6.99. The number of nitrogens with zero attached hydrogens (tertiary/aromatic N) is 4. The van der Waals surface area contributed by atoms with Gasteiger partial charge in [0, 0.05) is 18.8 Å². The summed E-state index contributed by atoms with van der Waals surface area (Å²) in [5, 5.41) is 10.0. The van der Waals surface area contributed by atoms with E-state index in [9.17, 15) is 0 Å². The molecule has 1 saturated heterocycles. The van der Waals surface area contributed by atoms with Gasteiger partial charge in [0.2, 0.25) is 5.95 Å². The maximum atomic E-state index is 5.51. The van der Waals surface area contributed by atoms with E-state index in [1.807, 2.05) is 0 Å². The summed E-state index contributed by atoms with van der Waals surface area (Å²) in [4.78, 5) is 2.27. The number of hydrogen-bond donors (Lipinski definition) is 0. The Balaban J connectivity index is 1.51. The van der Waals surface area contributed by atoms with Gasteiger partial charge >= 0.3 is 0 Å². The highest BCUT2D eigenvalue weighted by molar-refractivity contribution is 7.99. The van der Waals surface area contributed by atoms with Crippen LogP contribution in [0, 0.1) is 6.92 Å². The molecule has 0 N–H and O–H groups in total. The molecule has 146 valence electrons. The van der Waals surface area contributed by atoms with E-state index in [1.54, 1.807) is 11.8 Å². The zero-order valence-corrected chi connectivity index (χ0v) is 17.1. The molecule has 2 aromatic carbocycles. The van der Waals surface area contributed by atoms with Crippen molar-refractivity contribution in [3.63, 3.8) is 0 Å². The highest BCUT2D eigenvalue weighted by Crippen LogP contribution is 2.28. The largest absolute Gasteiger partial charge is 0.378 e. The molecule has 1 fully saturated rings. The second kappa shape index (κ2) is 9.26. The van der Waals surface area contributed by atoms with Crippen molar-refractivity contribution in [3.8, 4) is 5.69 Å². The summed E-state index contributed by atoms with van der Waals surface area (Å²) in [6.07, 6.45) is 2.20. The fourth-order valence-corrected chi connectivity index (χ4v) is 4.21. The fraction of sp³-hybridized carbons (Fsp3) is 0.364. The summed E-state index contributed by atoms with van der Waals surface area (Å²) in [7, 11) is 0. The molecule has 4 rings (SSSR count). The molecule has 0 unspecified atom stereocenters. The Kier molecular flexibility index (Phi) is 6.29. The van der Waals surface area contributed by atoms with Crippen molar-refractivity contribution >= 4 is 17.7 Å². The van der Waals surface area contributed by atoms with Crippen molar-refractivity contribution in [2.75, 3.05) is 37.0 Å². The molecule has 0 radical (unpaired) electrons. The van der Waals surface area contributed by atoms with Crippen LogP contribution in [0.2, 0.25) is 0 Å². The molecule has 28 heavy (non-hydrogen) atoms. The smallest absolute Gasteiger partial charge is 0.232 e. The van der Waals surface area contributed by atoms with E-state index in [-0.39, 0.29) is 0 Å². The minimum absolute atomic E-state index is 0.736. The van der Waals surface area contributed by atoms with Crippen molar-refractivity contribution in [2.24, 2.45) is 0 Å². The molecule has 0 spiro atoms. The van der Waals surface area contributed by atoms with E-state index in [2.05, 4.69) is 81.2 Å². The van der Waals surface area contributed by atoms with Gasteiger partial charge in [0.25, 0.3) is 0 Å². The van der Waals surface area contributed by atoms with Gasteiger partial charge in [-0.15, -0.1) is 10.2 Å². The Morgan fingerprint density at radius 3 is 2.46 bits per heavy atom. The monoisotopic (exact) mass is 394 g/mol. The molecule has 1 aliphatic rings. The summed E-state index contributed by atoms with van der Waals surface area (Å²) in [5.74, 6) is 1.93. The number of thioether (sulfide) groups is 1. The van der Waals surface area contributed by atoms with Gasteiger partial charge in [-0.3, -0.25) is 4.57 Å². The Labute approximate surface area is 170 Å². The minimum atomic E-state index is 0.736. The molecule has 0 aliphatic carbocycles. The maximum absolute atomic E-state index is 5.51. The highest BCUT2D eigenvalue weighted by Gasteiger charge is 2.21. The molecule has 6 heteroatoms. The molecular weight excluding hydrogens is 368 g/mol. The Morgan fingerprint density at radius 2 is 1.71 bits per heavy atom. The summed E-state index contributed by atoms with van der Waals surface area (Å²) in [6.45, 7) is 5.28. The van der Waals surface area contributed by atoms with E-state index >= 15 is 0 Å². The molecule has 3 aromatic rings. The van der Waals surface area contributed by atoms with Crippen molar-refractivity contribution in [1.29, 1.82) is 0 Å². The van der Waals surface area contributed by atoms with E-state index in [0.717, 1.165) is 61.7 Å². The Morgan fingerprint density at radius 1 is 0.964 bits per heavy atom. The van der Waals surface area contributed by atoms with Gasteiger partial charge in [-0.25, -0.2) is 0 Å². The van der Waals surface area contributed by atoms with Crippen LogP contribution in [0.4, 0.5) is 5.95 Å². The van der Waals surface area contributed by atoms with Crippen LogP contribution in [-0.4, -0.2) is 46.8 Å². The average molecular weight is 395 g/mol. The third-order valence-corrected chi connectivity index (χ3v) is 5.90. The van der Waals surface area contributed by atoms with Gasteiger partial charge in [-0.05, 0) is 37.5 Å². The third kappa shape index (κ3) is 4.56. The number of ether oxygens (including phenoxy) is 1. The lowest BCUT2D eigenvalue weighted by Gasteiger charge is -2.28. The molecule has 2 heterocycles. The SMILES string of the molecule is Cc1ccc(-n2c(SCCCc3ccccc3)nnc2N2CCOCC2)cc1. The quantitative estimate of drug-likeness (QED) is 0.445. The van der Waals surface area contributed by atoms with Crippen LogP contribution in [0.15, 0.2) is 59.8 Å². The summed E-state index contributed by atoms with van der Waals surface area (Å²) < 4.78 is 7.70. The van der Waals surface area contributed by atoms with Crippen LogP contribution in [-0.2, 0) is 11.2 Å². The minimum Gasteiger partial charge on any atom is -0.378 e. The zero-order chi connectivity index (χ0) is 19.2. The molecule has 0 bridgehead atoms. The number of aromatic nitrogens is 3. The number of aryl methyl sites for hydroxylation is 2. The molecular formula is C22H26N4OS. The summed E-state index contributed by atoms with van der Waals surface area (Å²) in [5.41, 5.74) is 3.75. The lowest BCUT2D eigenvalue weighted by Crippen LogP contribution is -2.37. The van der Waals surface area contributed by atoms with Crippen molar-refractivity contribution in [1.82, 2.24) is 14.8 Å². The fourth-order valence-electron chi connectivity index (χ4n) is 3.33. The van der Waals surface area contributed by atoms with Gasteiger partial charge in [-0.2, -0.15) is 0 Å². The average Bonchev–Trinajstić information content (AvgIpc) is 3.17. The van der Waals surface area contributed by atoms with E-state index < -0.39 is 0 Å². The first-order valence-electron chi connectivity index (χ1n) is 9.83. The number of morpholine rings is 1. The molecule has 5 nitrogen and oxygen atoms in total. The van der Waals surface area contributed by atoms with Gasteiger partial charge in [0.1, 0.15) is 0 Å². The zero-order valence-electron chi connectivity index (χ0n) is 16.3. The van der Waals surface area contributed by atoms with Gasteiger partial charge in [0.05, 0.1) is 18.9 Å². The first kappa shape index (κ1) is 19.0. The van der Waals surface area contributed by atoms with E-state index in [4.69, 9.17) is 4.74 Å². The first-order chi connectivity index (χ1) is 13.8.